The maximum absolute atomic E-state index is 4.68. The number of nitrogens with one attached hydrogen (secondary N) is 1. The molecule has 2 aromatic heterocycles. The zero-order valence-electron chi connectivity index (χ0n) is 11.5. The highest BCUT2D eigenvalue weighted by molar-refractivity contribution is 5.75. The highest BCUT2D eigenvalue weighted by Crippen LogP contribution is 2.15. The van der Waals surface area contributed by atoms with Crippen molar-refractivity contribution in [1.29, 1.82) is 0 Å². The van der Waals surface area contributed by atoms with Crippen molar-refractivity contribution >= 4 is 11.0 Å². The third kappa shape index (κ3) is 2.53. The number of rotatable bonds is 5. The number of aryl methyl sites for hydroxylation is 1. The van der Waals surface area contributed by atoms with E-state index in [1.165, 1.54) is 5.52 Å². The first kappa shape index (κ1) is 12.7. The average molecular weight is 267 g/mol. The van der Waals surface area contributed by atoms with Gasteiger partial charge < -0.3 is 9.88 Å². The van der Waals surface area contributed by atoms with Crippen molar-refractivity contribution in [2.75, 3.05) is 0 Å². The molecule has 0 aliphatic carbocycles. The summed E-state index contributed by atoms with van der Waals surface area (Å²) in [6, 6.07) is 12.1. The zero-order chi connectivity index (χ0) is 13.8. The van der Waals surface area contributed by atoms with E-state index in [4.69, 9.17) is 0 Å². The molecule has 20 heavy (non-hydrogen) atoms. The van der Waals surface area contributed by atoms with Crippen molar-refractivity contribution < 1.29 is 0 Å². The highest BCUT2D eigenvalue weighted by Gasteiger charge is 2.08. The second-order valence-electron chi connectivity index (χ2n) is 4.58. The van der Waals surface area contributed by atoms with Crippen molar-refractivity contribution in [2.45, 2.75) is 26.6 Å². The van der Waals surface area contributed by atoms with Crippen LogP contribution >= 0.6 is 0 Å². The molecule has 2 heterocycles. The van der Waals surface area contributed by atoms with Crippen LogP contribution in [0.2, 0.25) is 0 Å². The summed E-state index contributed by atoms with van der Waals surface area (Å²) in [5, 5.41) is 11.3. The summed E-state index contributed by atoms with van der Waals surface area (Å²) in [7, 11) is 0. The largest absolute Gasteiger partial charge is 0.327 e. The van der Waals surface area contributed by atoms with Gasteiger partial charge in [0.05, 0.1) is 23.3 Å². The van der Waals surface area contributed by atoms with E-state index in [9.17, 15) is 0 Å². The molecule has 5 nitrogen and oxygen atoms in total. The van der Waals surface area contributed by atoms with Gasteiger partial charge in [0.1, 0.15) is 5.82 Å². The van der Waals surface area contributed by atoms with Crippen LogP contribution in [0.25, 0.3) is 11.0 Å². The Morgan fingerprint density at radius 1 is 1.10 bits per heavy atom. The van der Waals surface area contributed by atoms with Gasteiger partial charge in [-0.2, -0.15) is 10.2 Å². The third-order valence-electron chi connectivity index (χ3n) is 3.27. The molecule has 1 aromatic carbocycles. The minimum atomic E-state index is 0.695. The summed E-state index contributed by atoms with van der Waals surface area (Å²) < 4.78 is 2.24. The molecule has 0 saturated heterocycles. The van der Waals surface area contributed by atoms with E-state index in [1.807, 2.05) is 30.3 Å². The molecule has 0 aliphatic rings. The summed E-state index contributed by atoms with van der Waals surface area (Å²) in [6.07, 6.45) is 1.68. The molecule has 0 saturated carbocycles. The van der Waals surface area contributed by atoms with Gasteiger partial charge >= 0.3 is 0 Å². The molecule has 0 spiro atoms. The minimum Gasteiger partial charge on any atom is -0.327 e. The number of imidazole rings is 1. The Kier molecular flexibility index (Phi) is 3.69. The molecule has 1 N–H and O–H groups in total. The number of hydrogen-bond donors (Lipinski definition) is 1. The van der Waals surface area contributed by atoms with Crippen LogP contribution in [-0.4, -0.2) is 19.7 Å². The maximum Gasteiger partial charge on any atom is 0.123 e. The molecular weight excluding hydrogens is 250 g/mol. The normalized spacial score (nSPS) is 11.1. The van der Waals surface area contributed by atoms with Gasteiger partial charge in [0, 0.05) is 19.3 Å². The van der Waals surface area contributed by atoms with Crippen LogP contribution in [0.3, 0.4) is 0 Å². The van der Waals surface area contributed by atoms with Crippen LogP contribution in [0.1, 0.15) is 18.4 Å². The van der Waals surface area contributed by atoms with Crippen molar-refractivity contribution in [3.8, 4) is 0 Å². The van der Waals surface area contributed by atoms with E-state index in [0.29, 0.717) is 6.54 Å². The molecule has 0 radical (unpaired) electrons. The van der Waals surface area contributed by atoms with Gasteiger partial charge in [-0.15, -0.1) is 0 Å². The van der Waals surface area contributed by atoms with Crippen LogP contribution in [0.15, 0.2) is 42.6 Å². The fraction of sp³-hybridized carbons (Fsp3) is 0.267. The van der Waals surface area contributed by atoms with Crippen LogP contribution in [0.4, 0.5) is 0 Å². The second-order valence-corrected chi connectivity index (χ2v) is 4.58. The molecule has 0 bridgehead atoms. The van der Waals surface area contributed by atoms with E-state index in [1.54, 1.807) is 6.20 Å². The van der Waals surface area contributed by atoms with E-state index >= 15 is 0 Å². The molecule has 0 atom stereocenters. The summed E-state index contributed by atoms with van der Waals surface area (Å²) >= 11 is 0. The standard InChI is InChI=1S/C15H17N5/c1-2-20-14-8-4-3-7-13(14)18-15(20)11-16-10-12-6-5-9-17-19-12/h3-9,16H,2,10-11H2,1H3. The van der Waals surface area contributed by atoms with Crippen LogP contribution in [-0.2, 0) is 19.6 Å². The Morgan fingerprint density at radius 3 is 2.80 bits per heavy atom. The molecule has 0 amide bonds. The average Bonchev–Trinajstić information content (AvgIpc) is 2.86. The Hall–Kier alpha value is -2.27. The van der Waals surface area contributed by atoms with E-state index in [-0.39, 0.29) is 0 Å². The predicted molar refractivity (Wildman–Crippen MR) is 78.0 cm³/mol. The molecule has 0 unspecified atom stereocenters. The smallest absolute Gasteiger partial charge is 0.123 e. The van der Waals surface area contributed by atoms with Gasteiger partial charge in [0.25, 0.3) is 0 Å². The Morgan fingerprint density at radius 2 is 2.00 bits per heavy atom. The number of nitrogens with zero attached hydrogens (tertiary/aromatic N) is 4. The summed E-state index contributed by atoms with van der Waals surface area (Å²) in [5.41, 5.74) is 3.17. The highest BCUT2D eigenvalue weighted by atomic mass is 15.1. The topological polar surface area (TPSA) is 55.6 Å². The Labute approximate surface area is 117 Å². The molecule has 0 fully saturated rings. The van der Waals surface area contributed by atoms with Crippen molar-refractivity contribution in [3.05, 3.63) is 54.1 Å². The van der Waals surface area contributed by atoms with Gasteiger partial charge in [-0.25, -0.2) is 4.98 Å². The van der Waals surface area contributed by atoms with Crippen LogP contribution in [0.5, 0.6) is 0 Å². The predicted octanol–water partition coefficient (Wildman–Crippen LogP) is 2.14. The Balaban J connectivity index is 1.74. The SMILES string of the molecule is CCn1c(CNCc2cccnn2)nc2ccccc21. The second kappa shape index (κ2) is 5.79. The lowest BCUT2D eigenvalue weighted by atomic mass is 10.3. The molecule has 0 aliphatic heterocycles. The van der Waals surface area contributed by atoms with Gasteiger partial charge in [-0.3, -0.25) is 0 Å². The lowest BCUT2D eigenvalue weighted by Crippen LogP contribution is -2.17. The Bertz CT molecular complexity index is 690. The number of para-hydroxylation sites is 2. The number of benzene rings is 1. The fourth-order valence-electron chi connectivity index (χ4n) is 2.34. The molecule has 3 aromatic rings. The minimum absolute atomic E-state index is 0.695. The van der Waals surface area contributed by atoms with E-state index < -0.39 is 0 Å². The zero-order valence-corrected chi connectivity index (χ0v) is 11.5. The van der Waals surface area contributed by atoms with E-state index in [2.05, 4.69) is 38.1 Å². The van der Waals surface area contributed by atoms with Crippen molar-refractivity contribution in [1.82, 2.24) is 25.1 Å². The van der Waals surface area contributed by atoms with E-state index in [0.717, 1.165) is 30.1 Å². The van der Waals surface area contributed by atoms with Gasteiger partial charge in [-0.1, -0.05) is 12.1 Å². The fourth-order valence-corrected chi connectivity index (χ4v) is 2.34. The molecule has 5 heteroatoms. The summed E-state index contributed by atoms with van der Waals surface area (Å²) in [4.78, 5) is 4.68. The van der Waals surface area contributed by atoms with Crippen molar-refractivity contribution in [3.63, 3.8) is 0 Å². The molecule has 3 rings (SSSR count). The van der Waals surface area contributed by atoms with Gasteiger partial charge in [-0.05, 0) is 31.2 Å². The van der Waals surface area contributed by atoms with Crippen molar-refractivity contribution in [2.24, 2.45) is 0 Å². The van der Waals surface area contributed by atoms with Gasteiger partial charge in [0.2, 0.25) is 0 Å². The first-order valence-corrected chi connectivity index (χ1v) is 6.80. The number of aromatic nitrogens is 4. The number of hydrogen-bond acceptors (Lipinski definition) is 4. The summed E-state index contributed by atoms with van der Waals surface area (Å²) in [5.74, 6) is 1.05. The van der Waals surface area contributed by atoms with Crippen LogP contribution < -0.4 is 5.32 Å². The lowest BCUT2D eigenvalue weighted by molar-refractivity contribution is 0.610. The quantitative estimate of drug-likeness (QED) is 0.769. The third-order valence-corrected chi connectivity index (χ3v) is 3.27. The lowest BCUT2D eigenvalue weighted by Gasteiger charge is -2.07. The monoisotopic (exact) mass is 267 g/mol. The summed E-state index contributed by atoms with van der Waals surface area (Å²) in [6.45, 7) is 4.48. The maximum atomic E-state index is 4.68. The first-order chi connectivity index (χ1) is 9.88. The first-order valence-electron chi connectivity index (χ1n) is 6.80. The van der Waals surface area contributed by atoms with Crippen LogP contribution in [0, 0.1) is 0 Å². The number of fused-ring (bicyclic) bond motifs is 1. The molecule has 102 valence electrons. The molecular formula is C15H17N5. The van der Waals surface area contributed by atoms with Gasteiger partial charge in [0.15, 0.2) is 0 Å².